The molecule has 0 saturated heterocycles. The van der Waals surface area contributed by atoms with Crippen LogP contribution in [-0.2, 0) is 0 Å². The van der Waals surface area contributed by atoms with Crippen LogP contribution >= 0.6 is 0 Å². The molecule has 7 rings (SSSR count). The zero-order chi connectivity index (χ0) is 22.5. The first-order chi connectivity index (χ1) is 16.8. The van der Waals surface area contributed by atoms with Crippen LogP contribution in [0.15, 0.2) is 124 Å². The van der Waals surface area contributed by atoms with Gasteiger partial charge in [0, 0.05) is 27.5 Å². The fourth-order valence-corrected chi connectivity index (χ4v) is 4.69. The Morgan fingerprint density at radius 1 is 0.441 bits per heavy atom. The van der Waals surface area contributed by atoms with Crippen molar-refractivity contribution >= 4 is 33.0 Å². The third-order valence-corrected chi connectivity index (χ3v) is 6.35. The number of para-hydroxylation sites is 3. The highest BCUT2D eigenvalue weighted by atomic mass is 16.3. The number of oxazole rings is 1. The minimum atomic E-state index is 0.617. The van der Waals surface area contributed by atoms with Gasteiger partial charge in [0.2, 0.25) is 5.89 Å². The van der Waals surface area contributed by atoms with Gasteiger partial charge in [-0.3, -0.25) is 0 Å². The lowest BCUT2D eigenvalue weighted by molar-refractivity contribution is 0.620. The van der Waals surface area contributed by atoms with E-state index in [-0.39, 0.29) is 0 Å². The molecule has 3 nitrogen and oxygen atoms in total. The Kier molecular flexibility index (Phi) is 4.15. The molecule has 34 heavy (non-hydrogen) atoms. The molecule has 7 aromatic rings. The first-order valence-electron chi connectivity index (χ1n) is 11.3. The van der Waals surface area contributed by atoms with Crippen molar-refractivity contribution in [2.75, 3.05) is 0 Å². The Labute approximate surface area is 195 Å². The van der Waals surface area contributed by atoms with Crippen LogP contribution in [0.2, 0.25) is 0 Å². The molecular weight excluding hydrogens is 418 g/mol. The molecule has 2 aromatic heterocycles. The molecule has 160 valence electrons. The van der Waals surface area contributed by atoms with Gasteiger partial charge in [-0.05, 0) is 35.4 Å². The maximum absolute atomic E-state index is 6.22. The Morgan fingerprint density at radius 3 is 1.97 bits per heavy atom. The summed E-state index contributed by atoms with van der Waals surface area (Å²) in [4.78, 5) is 4.86. The van der Waals surface area contributed by atoms with Crippen LogP contribution in [0.4, 0.5) is 0 Å². The number of nitrogens with zero attached hydrogens (tertiary/aromatic N) is 1. The number of aromatic nitrogens is 1. The van der Waals surface area contributed by atoms with E-state index in [0.717, 1.165) is 60.9 Å². The monoisotopic (exact) mass is 437 g/mol. The van der Waals surface area contributed by atoms with Crippen molar-refractivity contribution in [3.63, 3.8) is 0 Å². The standard InChI is InChI=1S/C31H19NO2/c1-2-8-20(9-3-1)23-11-7-15-28-29(23)32-31(34-28)22-18-16-21(17-19-22)24-12-6-13-26-25-10-4-5-14-27(25)33-30(24)26/h1-19H. The molecule has 0 aliphatic heterocycles. The fourth-order valence-electron chi connectivity index (χ4n) is 4.69. The number of furan rings is 1. The summed E-state index contributed by atoms with van der Waals surface area (Å²) in [6.07, 6.45) is 0. The largest absolute Gasteiger partial charge is 0.455 e. The number of fused-ring (bicyclic) bond motifs is 4. The van der Waals surface area contributed by atoms with E-state index in [1.165, 1.54) is 0 Å². The van der Waals surface area contributed by atoms with Crippen LogP contribution in [0.1, 0.15) is 0 Å². The van der Waals surface area contributed by atoms with Gasteiger partial charge in [-0.15, -0.1) is 0 Å². The SMILES string of the molecule is c1ccc(-c2cccc3oc(-c4ccc(-c5cccc6c5oc5ccccc56)cc4)nc23)cc1. The minimum Gasteiger partial charge on any atom is -0.455 e. The van der Waals surface area contributed by atoms with Gasteiger partial charge in [-0.25, -0.2) is 4.98 Å². The summed E-state index contributed by atoms with van der Waals surface area (Å²) in [5.41, 5.74) is 8.78. The van der Waals surface area contributed by atoms with Crippen LogP contribution in [0, 0.1) is 0 Å². The van der Waals surface area contributed by atoms with Crippen molar-refractivity contribution in [2.45, 2.75) is 0 Å². The summed E-state index contributed by atoms with van der Waals surface area (Å²) >= 11 is 0. The van der Waals surface area contributed by atoms with E-state index < -0.39 is 0 Å². The second-order valence-electron chi connectivity index (χ2n) is 8.40. The average Bonchev–Trinajstić information content (AvgIpc) is 3.51. The Balaban J connectivity index is 1.31. The third kappa shape index (κ3) is 2.95. The molecular formula is C31H19NO2. The topological polar surface area (TPSA) is 39.2 Å². The van der Waals surface area contributed by atoms with Crippen molar-refractivity contribution < 1.29 is 8.83 Å². The van der Waals surface area contributed by atoms with Gasteiger partial charge in [0.05, 0.1) is 0 Å². The van der Waals surface area contributed by atoms with Crippen LogP contribution < -0.4 is 0 Å². The van der Waals surface area contributed by atoms with Crippen molar-refractivity contribution in [1.82, 2.24) is 4.98 Å². The van der Waals surface area contributed by atoms with Crippen molar-refractivity contribution in [2.24, 2.45) is 0 Å². The van der Waals surface area contributed by atoms with Gasteiger partial charge in [0.25, 0.3) is 0 Å². The highest BCUT2D eigenvalue weighted by Crippen LogP contribution is 2.37. The molecule has 5 aromatic carbocycles. The van der Waals surface area contributed by atoms with Gasteiger partial charge in [-0.1, -0.05) is 91.0 Å². The van der Waals surface area contributed by atoms with E-state index in [1.54, 1.807) is 0 Å². The molecule has 0 fully saturated rings. The first kappa shape index (κ1) is 18.9. The predicted molar refractivity (Wildman–Crippen MR) is 138 cm³/mol. The lowest BCUT2D eigenvalue weighted by atomic mass is 10.0. The van der Waals surface area contributed by atoms with Crippen LogP contribution in [0.25, 0.3) is 66.7 Å². The van der Waals surface area contributed by atoms with Gasteiger partial charge in [0.1, 0.15) is 16.7 Å². The third-order valence-electron chi connectivity index (χ3n) is 6.35. The molecule has 0 saturated carbocycles. The predicted octanol–water partition coefficient (Wildman–Crippen LogP) is 8.73. The molecule has 0 N–H and O–H groups in total. The second-order valence-corrected chi connectivity index (χ2v) is 8.40. The molecule has 0 aliphatic carbocycles. The lowest BCUT2D eigenvalue weighted by Crippen LogP contribution is -1.82. The molecule has 3 heteroatoms. The zero-order valence-electron chi connectivity index (χ0n) is 18.2. The van der Waals surface area contributed by atoms with Gasteiger partial charge in [0.15, 0.2) is 5.58 Å². The number of hydrogen-bond donors (Lipinski definition) is 0. The van der Waals surface area contributed by atoms with Crippen molar-refractivity contribution in [3.8, 4) is 33.7 Å². The smallest absolute Gasteiger partial charge is 0.227 e. The summed E-state index contributed by atoms with van der Waals surface area (Å²) in [6, 6.07) is 39.1. The maximum atomic E-state index is 6.22. The minimum absolute atomic E-state index is 0.617. The van der Waals surface area contributed by atoms with E-state index in [2.05, 4.69) is 66.7 Å². The van der Waals surface area contributed by atoms with Crippen LogP contribution in [0.3, 0.4) is 0 Å². The summed E-state index contributed by atoms with van der Waals surface area (Å²) in [5, 5.41) is 2.27. The molecule has 2 heterocycles. The van der Waals surface area contributed by atoms with E-state index in [9.17, 15) is 0 Å². The van der Waals surface area contributed by atoms with E-state index >= 15 is 0 Å². The van der Waals surface area contributed by atoms with Gasteiger partial charge >= 0.3 is 0 Å². The van der Waals surface area contributed by atoms with Crippen LogP contribution in [-0.4, -0.2) is 4.98 Å². The normalized spacial score (nSPS) is 11.5. The molecule has 0 unspecified atom stereocenters. The second kappa shape index (κ2) is 7.46. The fraction of sp³-hybridized carbons (Fsp3) is 0. The van der Waals surface area contributed by atoms with Crippen molar-refractivity contribution in [1.29, 1.82) is 0 Å². The lowest BCUT2D eigenvalue weighted by Gasteiger charge is -2.04. The summed E-state index contributed by atoms with van der Waals surface area (Å²) in [7, 11) is 0. The quantitative estimate of drug-likeness (QED) is 0.277. The molecule has 0 spiro atoms. The molecule has 0 amide bonds. The summed E-state index contributed by atoms with van der Waals surface area (Å²) < 4.78 is 12.4. The average molecular weight is 437 g/mol. The van der Waals surface area contributed by atoms with E-state index in [4.69, 9.17) is 13.8 Å². The summed E-state index contributed by atoms with van der Waals surface area (Å²) in [5.74, 6) is 0.617. The Hall–Kier alpha value is -4.63. The van der Waals surface area contributed by atoms with E-state index in [1.807, 2.05) is 48.5 Å². The molecule has 0 atom stereocenters. The highest BCUT2D eigenvalue weighted by molar-refractivity contribution is 6.09. The molecule has 0 bridgehead atoms. The summed E-state index contributed by atoms with van der Waals surface area (Å²) in [6.45, 7) is 0. The van der Waals surface area contributed by atoms with Crippen molar-refractivity contribution in [3.05, 3.63) is 115 Å². The first-order valence-corrected chi connectivity index (χ1v) is 11.3. The number of benzene rings is 5. The number of rotatable bonds is 3. The zero-order valence-corrected chi connectivity index (χ0v) is 18.2. The molecule has 0 aliphatic rings. The van der Waals surface area contributed by atoms with Gasteiger partial charge in [-0.2, -0.15) is 0 Å². The maximum Gasteiger partial charge on any atom is 0.227 e. The molecule has 0 radical (unpaired) electrons. The van der Waals surface area contributed by atoms with Gasteiger partial charge < -0.3 is 8.83 Å². The Bertz CT molecular complexity index is 1790. The number of hydrogen-bond acceptors (Lipinski definition) is 3. The van der Waals surface area contributed by atoms with Crippen LogP contribution in [0.5, 0.6) is 0 Å². The Morgan fingerprint density at radius 2 is 1.09 bits per heavy atom. The van der Waals surface area contributed by atoms with E-state index in [0.29, 0.717) is 5.89 Å². The highest BCUT2D eigenvalue weighted by Gasteiger charge is 2.14.